The van der Waals surface area contributed by atoms with Gasteiger partial charge >= 0.3 is 6.09 Å². The third-order valence-corrected chi connectivity index (χ3v) is 4.81. The largest absolute Gasteiger partial charge is 0.444 e. The number of ether oxygens (including phenoxy) is 1. The Morgan fingerprint density at radius 3 is 2.41 bits per heavy atom. The van der Waals surface area contributed by atoms with Crippen LogP contribution in [-0.2, 0) is 11.2 Å². The summed E-state index contributed by atoms with van der Waals surface area (Å²) in [7, 11) is 0. The minimum Gasteiger partial charge on any atom is -0.444 e. The molecule has 0 aliphatic heterocycles. The number of hydrogen-bond acceptors (Lipinski definition) is 6. The SMILES string of the molecule is CSc1ncc(C(=O)Nc2ccccc2)c(Cc2cccc(NC(=O)OC(C)(C)C)c2)n1. The number of para-hydroxylation sites is 1. The van der Waals surface area contributed by atoms with Gasteiger partial charge in [-0.2, -0.15) is 0 Å². The standard InChI is InChI=1S/C24H26N4O3S/c1-24(2,3)31-23(30)27-18-12-8-9-16(13-18)14-20-19(15-25-22(28-20)32-4)21(29)26-17-10-6-5-7-11-17/h5-13,15H,14H2,1-4H3,(H,26,29)(H,27,30). The van der Waals surface area contributed by atoms with E-state index in [2.05, 4.69) is 20.6 Å². The van der Waals surface area contributed by atoms with Crippen LogP contribution in [0.5, 0.6) is 0 Å². The third kappa shape index (κ3) is 6.81. The maximum atomic E-state index is 12.9. The first-order valence-corrected chi connectivity index (χ1v) is 11.3. The molecule has 7 nitrogen and oxygen atoms in total. The summed E-state index contributed by atoms with van der Waals surface area (Å²) in [6, 6.07) is 16.6. The van der Waals surface area contributed by atoms with Crippen LogP contribution in [0.1, 0.15) is 42.4 Å². The summed E-state index contributed by atoms with van der Waals surface area (Å²) < 4.78 is 5.31. The molecule has 0 aliphatic rings. The van der Waals surface area contributed by atoms with Crippen LogP contribution in [0.3, 0.4) is 0 Å². The highest BCUT2D eigenvalue weighted by molar-refractivity contribution is 7.98. The molecule has 0 radical (unpaired) electrons. The number of anilines is 2. The number of nitrogens with zero attached hydrogens (tertiary/aromatic N) is 2. The summed E-state index contributed by atoms with van der Waals surface area (Å²) in [5, 5.41) is 6.20. The molecule has 0 fully saturated rings. The summed E-state index contributed by atoms with van der Waals surface area (Å²) in [6.07, 6.45) is 3.31. The second-order valence-electron chi connectivity index (χ2n) is 8.04. The maximum absolute atomic E-state index is 12.9. The number of hydrogen-bond donors (Lipinski definition) is 2. The van der Waals surface area contributed by atoms with Crippen LogP contribution < -0.4 is 10.6 Å². The van der Waals surface area contributed by atoms with E-state index >= 15 is 0 Å². The molecule has 3 rings (SSSR count). The van der Waals surface area contributed by atoms with E-state index < -0.39 is 11.7 Å². The van der Waals surface area contributed by atoms with Crippen molar-refractivity contribution < 1.29 is 14.3 Å². The predicted octanol–water partition coefficient (Wildman–Crippen LogP) is 5.39. The zero-order valence-corrected chi connectivity index (χ0v) is 19.3. The zero-order valence-electron chi connectivity index (χ0n) is 18.5. The van der Waals surface area contributed by atoms with Gasteiger partial charge in [0.2, 0.25) is 0 Å². The molecule has 0 bridgehead atoms. The Morgan fingerprint density at radius 2 is 1.72 bits per heavy atom. The number of thioether (sulfide) groups is 1. The van der Waals surface area contributed by atoms with Crippen molar-refractivity contribution in [2.24, 2.45) is 0 Å². The molecule has 0 atom stereocenters. The fourth-order valence-corrected chi connectivity index (χ4v) is 3.27. The van der Waals surface area contributed by atoms with E-state index in [1.807, 2.05) is 75.6 Å². The molecule has 8 heteroatoms. The summed E-state index contributed by atoms with van der Waals surface area (Å²) in [5.41, 5.74) is 2.60. The molecule has 0 saturated heterocycles. The first-order chi connectivity index (χ1) is 15.2. The molecule has 0 unspecified atom stereocenters. The second-order valence-corrected chi connectivity index (χ2v) is 8.81. The number of carbonyl (C=O) groups excluding carboxylic acids is 2. The molecular weight excluding hydrogens is 424 g/mol. The van der Waals surface area contributed by atoms with Gasteiger partial charge in [0, 0.05) is 24.0 Å². The number of rotatable bonds is 6. The van der Waals surface area contributed by atoms with Gasteiger partial charge in [0.1, 0.15) is 5.60 Å². The second kappa shape index (κ2) is 10.3. The van der Waals surface area contributed by atoms with Gasteiger partial charge in [0.25, 0.3) is 5.91 Å². The lowest BCUT2D eigenvalue weighted by molar-refractivity contribution is 0.0635. The minimum absolute atomic E-state index is 0.276. The van der Waals surface area contributed by atoms with E-state index in [1.54, 1.807) is 12.3 Å². The van der Waals surface area contributed by atoms with Crippen LogP contribution in [0.2, 0.25) is 0 Å². The molecular formula is C24H26N4O3S. The fourth-order valence-electron chi connectivity index (χ4n) is 2.92. The molecule has 0 aliphatic carbocycles. The summed E-state index contributed by atoms with van der Waals surface area (Å²) in [6.45, 7) is 5.43. The van der Waals surface area contributed by atoms with E-state index in [1.165, 1.54) is 11.8 Å². The molecule has 1 heterocycles. The Labute approximate surface area is 192 Å². The third-order valence-electron chi connectivity index (χ3n) is 4.25. The normalized spacial score (nSPS) is 11.0. The molecule has 2 aromatic carbocycles. The number of amides is 2. The van der Waals surface area contributed by atoms with E-state index in [9.17, 15) is 9.59 Å². The maximum Gasteiger partial charge on any atom is 0.412 e. The van der Waals surface area contributed by atoms with Crippen LogP contribution in [0, 0.1) is 0 Å². The van der Waals surface area contributed by atoms with Gasteiger partial charge < -0.3 is 10.1 Å². The Morgan fingerprint density at radius 1 is 1.00 bits per heavy atom. The van der Waals surface area contributed by atoms with Crippen LogP contribution in [0.15, 0.2) is 66.0 Å². The van der Waals surface area contributed by atoms with E-state index in [0.717, 1.165) is 5.56 Å². The van der Waals surface area contributed by atoms with Crippen LogP contribution in [-0.4, -0.2) is 33.8 Å². The lowest BCUT2D eigenvalue weighted by Gasteiger charge is -2.19. The molecule has 32 heavy (non-hydrogen) atoms. The highest BCUT2D eigenvalue weighted by Crippen LogP contribution is 2.20. The molecule has 2 N–H and O–H groups in total. The molecule has 1 aromatic heterocycles. The number of nitrogens with one attached hydrogen (secondary N) is 2. The molecule has 0 spiro atoms. The summed E-state index contributed by atoms with van der Waals surface area (Å²) >= 11 is 1.41. The Hall–Kier alpha value is -3.39. The molecule has 3 aromatic rings. The first kappa shape index (κ1) is 23.3. The van der Waals surface area contributed by atoms with Gasteiger partial charge in [0.15, 0.2) is 5.16 Å². The Balaban J connectivity index is 1.82. The van der Waals surface area contributed by atoms with E-state index in [0.29, 0.717) is 34.2 Å². The average Bonchev–Trinajstić information content (AvgIpc) is 2.73. The van der Waals surface area contributed by atoms with Gasteiger partial charge in [-0.25, -0.2) is 14.8 Å². The first-order valence-electron chi connectivity index (χ1n) is 10.1. The predicted molar refractivity (Wildman–Crippen MR) is 127 cm³/mol. The van der Waals surface area contributed by atoms with E-state index in [-0.39, 0.29) is 5.91 Å². The monoisotopic (exact) mass is 450 g/mol. The summed E-state index contributed by atoms with van der Waals surface area (Å²) in [5.74, 6) is -0.276. The van der Waals surface area contributed by atoms with Gasteiger partial charge in [-0.3, -0.25) is 10.1 Å². The number of carbonyl (C=O) groups is 2. The topological polar surface area (TPSA) is 93.2 Å². The average molecular weight is 451 g/mol. The van der Waals surface area contributed by atoms with Crippen molar-refractivity contribution in [2.45, 2.75) is 37.9 Å². The van der Waals surface area contributed by atoms with Gasteiger partial charge in [-0.05, 0) is 56.9 Å². The zero-order chi connectivity index (χ0) is 23.1. The van der Waals surface area contributed by atoms with Crippen molar-refractivity contribution in [1.82, 2.24) is 9.97 Å². The van der Waals surface area contributed by atoms with Crippen LogP contribution in [0.25, 0.3) is 0 Å². The van der Waals surface area contributed by atoms with Crippen molar-refractivity contribution in [3.05, 3.63) is 77.6 Å². The van der Waals surface area contributed by atoms with Crippen LogP contribution in [0.4, 0.5) is 16.2 Å². The van der Waals surface area contributed by atoms with Gasteiger partial charge in [-0.1, -0.05) is 42.1 Å². The van der Waals surface area contributed by atoms with Gasteiger partial charge in [0.05, 0.1) is 11.3 Å². The molecule has 2 amide bonds. The fraction of sp³-hybridized carbons (Fsp3) is 0.250. The number of aromatic nitrogens is 2. The van der Waals surface area contributed by atoms with Crippen molar-refractivity contribution >= 4 is 35.1 Å². The number of benzene rings is 2. The highest BCUT2D eigenvalue weighted by Gasteiger charge is 2.18. The smallest absolute Gasteiger partial charge is 0.412 e. The Kier molecular flexibility index (Phi) is 7.48. The highest BCUT2D eigenvalue weighted by atomic mass is 32.2. The minimum atomic E-state index is -0.585. The quantitative estimate of drug-likeness (QED) is 0.386. The van der Waals surface area contributed by atoms with Crippen molar-refractivity contribution in [3.8, 4) is 0 Å². The summed E-state index contributed by atoms with van der Waals surface area (Å²) in [4.78, 5) is 33.8. The van der Waals surface area contributed by atoms with Gasteiger partial charge in [-0.15, -0.1) is 0 Å². The van der Waals surface area contributed by atoms with E-state index in [4.69, 9.17) is 4.74 Å². The van der Waals surface area contributed by atoms with Crippen molar-refractivity contribution in [2.75, 3.05) is 16.9 Å². The molecule has 0 saturated carbocycles. The van der Waals surface area contributed by atoms with Crippen molar-refractivity contribution in [1.29, 1.82) is 0 Å². The van der Waals surface area contributed by atoms with Crippen molar-refractivity contribution in [3.63, 3.8) is 0 Å². The lowest BCUT2D eigenvalue weighted by atomic mass is 10.0. The Bertz CT molecular complexity index is 1100. The molecule has 166 valence electrons. The lowest BCUT2D eigenvalue weighted by Crippen LogP contribution is -2.27. The van der Waals surface area contributed by atoms with Crippen LogP contribution >= 0.6 is 11.8 Å².